The molecule has 5 nitrogen and oxygen atoms in total. The first kappa shape index (κ1) is 11.5. The van der Waals surface area contributed by atoms with Crippen LogP contribution in [-0.2, 0) is 6.54 Å². The number of nitrogens with two attached hydrogens (primary N) is 1. The van der Waals surface area contributed by atoms with Crippen molar-refractivity contribution in [1.82, 2.24) is 15.0 Å². The van der Waals surface area contributed by atoms with E-state index in [9.17, 15) is 0 Å². The first-order valence-electron chi connectivity index (χ1n) is 6.09. The summed E-state index contributed by atoms with van der Waals surface area (Å²) in [5, 5.41) is 1.19. The second-order valence-corrected chi connectivity index (χ2v) is 4.47. The summed E-state index contributed by atoms with van der Waals surface area (Å²) in [5.74, 6) is 1.21. The Hall–Kier alpha value is -2.56. The molecule has 1 aromatic carbocycles. The molecule has 0 bridgehead atoms. The Bertz CT molecular complexity index is 704. The fourth-order valence-corrected chi connectivity index (χ4v) is 2.16. The van der Waals surface area contributed by atoms with Gasteiger partial charge in [-0.25, -0.2) is 9.97 Å². The van der Waals surface area contributed by atoms with Crippen LogP contribution in [0.1, 0.15) is 5.82 Å². The van der Waals surface area contributed by atoms with Crippen LogP contribution < -0.4 is 10.6 Å². The number of benzene rings is 1. The highest BCUT2D eigenvalue weighted by Gasteiger charge is 2.09. The Kier molecular flexibility index (Phi) is 2.79. The number of hydrogen-bond acceptors (Lipinski definition) is 4. The normalized spacial score (nSPS) is 10.8. The highest BCUT2D eigenvalue weighted by atomic mass is 15.1. The summed E-state index contributed by atoms with van der Waals surface area (Å²) < 4.78 is 0. The molecular weight excluding hydrogens is 238 g/mol. The lowest BCUT2D eigenvalue weighted by molar-refractivity contribution is 0.843. The smallest absolute Gasteiger partial charge is 0.149 e. The second kappa shape index (κ2) is 4.61. The van der Waals surface area contributed by atoms with Crippen LogP contribution in [-0.4, -0.2) is 22.0 Å². The van der Waals surface area contributed by atoms with Gasteiger partial charge in [0, 0.05) is 30.3 Å². The molecule has 0 atom stereocenters. The topological polar surface area (TPSA) is 70.8 Å². The second-order valence-electron chi connectivity index (χ2n) is 4.47. The van der Waals surface area contributed by atoms with E-state index in [0.29, 0.717) is 18.2 Å². The SMILES string of the molecule is CN(Cc1nccc(N)n1)c1c[nH]c2ccccc12. The summed E-state index contributed by atoms with van der Waals surface area (Å²) in [6, 6.07) is 9.89. The van der Waals surface area contributed by atoms with Crippen molar-refractivity contribution in [3.8, 4) is 0 Å². The number of aromatic nitrogens is 3. The zero-order chi connectivity index (χ0) is 13.2. The number of para-hydroxylation sites is 1. The highest BCUT2D eigenvalue weighted by Crippen LogP contribution is 2.26. The summed E-state index contributed by atoms with van der Waals surface area (Å²) in [6.45, 7) is 0.618. The van der Waals surface area contributed by atoms with Crippen molar-refractivity contribution in [2.45, 2.75) is 6.54 Å². The predicted octanol–water partition coefficient (Wildman–Crippen LogP) is 2.18. The van der Waals surface area contributed by atoms with Crippen LogP contribution in [0.3, 0.4) is 0 Å². The van der Waals surface area contributed by atoms with E-state index in [4.69, 9.17) is 5.73 Å². The Morgan fingerprint density at radius 2 is 2.11 bits per heavy atom. The molecule has 3 N–H and O–H groups in total. The molecule has 0 spiro atoms. The van der Waals surface area contributed by atoms with Gasteiger partial charge in [0.25, 0.3) is 0 Å². The molecule has 3 rings (SSSR count). The molecule has 3 aromatic rings. The third kappa shape index (κ3) is 2.22. The Labute approximate surface area is 111 Å². The molecular formula is C14H15N5. The minimum Gasteiger partial charge on any atom is -0.384 e. The van der Waals surface area contributed by atoms with E-state index >= 15 is 0 Å². The van der Waals surface area contributed by atoms with Gasteiger partial charge in [-0.3, -0.25) is 0 Å². The maximum atomic E-state index is 5.67. The van der Waals surface area contributed by atoms with E-state index in [2.05, 4.69) is 32.0 Å². The van der Waals surface area contributed by atoms with Crippen molar-refractivity contribution in [3.05, 3.63) is 48.5 Å². The molecule has 5 heteroatoms. The molecule has 19 heavy (non-hydrogen) atoms. The lowest BCUT2D eigenvalue weighted by Gasteiger charge is -2.17. The van der Waals surface area contributed by atoms with Crippen molar-refractivity contribution >= 4 is 22.4 Å². The van der Waals surface area contributed by atoms with Crippen molar-refractivity contribution in [2.24, 2.45) is 0 Å². The monoisotopic (exact) mass is 253 g/mol. The fourth-order valence-electron chi connectivity index (χ4n) is 2.16. The number of rotatable bonds is 3. The first-order chi connectivity index (χ1) is 9.24. The number of hydrogen-bond donors (Lipinski definition) is 2. The zero-order valence-electron chi connectivity index (χ0n) is 10.7. The molecule has 0 aliphatic rings. The predicted molar refractivity (Wildman–Crippen MR) is 76.9 cm³/mol. The Balaban J connectivity index is 1.90. The highest BCUT2D eigenvalue weighted by molar-refractivity contribution is 5.92. The average molecular weight is 253 g/mol. The lowest BCUT2D eigenvalue weighted by atomic mass is 10.2. The van der Waals surface area contributed by atoms with Gasteiger partial charge in [0.05, 0.1) is 12.2 Å². The van der Waals surface area contributed by atoms with E-state index in [1.165, 1.54) is 5.39 Å². The van der Waals surface area contributed by atoms with Gasteiger partial charge in [0.15, 0.2) is 0 Å². The number of aromatic amines is 1. The van der Waals surface area contributed by atoms with E-state index in [1.54, 1.807) is 12.3 Å². The molecule has 0 aliphatic heterocycles. The Morgan fingerprint density at radius 1 is 1.26 bits per heavy atom. The third-order valence-electron chi connectivity index (χ3n) is 3.08. The molecule has 2 heterocycles. The lowest BCUT2D eigenvalue weighted by Crippen LogP contribution is -2.18. The standard InChI is InChI=1S/C14H15N5/c1-19(9-14-16-7-6-13(15)18-14)12-8-17-11-5-3-2-4-10(11)12/h2-8,17H,9H2,1H3,(H2,15,16,18). The average Bonchev–Trinajstić information content (AvgIpc) is 2.82. The van der Waals surface area contributed by atoms with Gasteiger partial charge in [-0.1, -0.05) is 18.2 Å². The van der Waals surface area contributed by atoms with Crippen molar-refractivity contribution < 1.29 is 0 Å². The minimum absolute atomic E-state index is 0.498. The number of H-pyrrole nitrogens is 1. The van der Waals surface area contributed by atoms with Crippen LogP contribution in [0.4, 0.5) is 11.5 Å². The quantitative estimate of drug-likeness (QED) is 0.750. The van der Waals surface area contributed by atoms with E-state index < -0.39 is 0 Å². The summed E-state index contributed by atoms with van der Waals surface area (Å²) in [5.41, 5.74) is 7.92. The summed E-state index contributed by atoms with van der Waals surface area (Å²) >= 11 is 0. The molecule has 0 fully saturated rings. The molecule has 0 amide bonds. The van der Waals surface area contributed by atoms with E-state index in [1.807, 2.05) is 25.4 Å². The van der Waals surface area contributed by atoms with Crippen molar-refractivity contribution in [1.29, 1.82) is 0 Å². The fraction of sp³-hybridized carbons (Fsp3) is 0.143. The molecule has 2 aromatic heterocycles. The summed E-state index contributed by atoms with van der Waals surface area (Å²) in [4.78, 5) is 13.8. The maximum Gasteiger partial charge on any atom is 0.149 e. The van der Waals surface area contributed by atoms with Gasteiger partial charge in [0.1, 0.15) is 11.6 Å². The van der Waals surface area contributed by atoms with Crippen LogP contribution >= 0.6 is 0 Å². The number of nitrogen functional groups attached to an aromatic ring is 1. The molecule has 0 radical (unpaired) electrons. The van der Waals surface area contributed by atoms with Crippen LogP contribution in [0.25, 0.3) is 10.9 Å². The van der Waals surface area contributed by atoms with Crippen LogP contribution in [0.2, 0.25) is 0 Å². The number of nitrogens with one attached hydrogen (secondary N) is 1. The number of anilines is 2. The van der Waals surface area contributed by atoms with E-state index in [-0.39, 0.29) is 0 Å². The first-order valence-corrected chi connectivity index (χ1v) is 6.09. The molecule has 0 aliphatic carbocycles. The molecule has 0 saturated heterocycles. The summed E-state index contributed by atoms with van der Waals surface area (Å²) in [6.07, 6.45) is 3.68. The number of fused-ring (bicyclic) bond motifs is 1. The largest absolute Gasteiger partial charge is 0.384 e. The molecule has 96 valence electrons. The Morgan fingerprint density at radius 3 is 2.95 bits per heavy atom. The summed E-state index contributed by atoms with van der Waals surface area (Å²) in [7, 11) is 2.02. The van der Waals surface area contributed by atoms with Crippen LogP contribution in [0.5, 0.6) is 0 Å². The maximum absolute atomic E-state index is 5.67. The van der Waals surface area contributed by atoms with Gasteiger partial charge >= 0.3 is 0 Å². The number of nitrogens with zero attached hydrogens (tertiary/aromatic N) is 3. The van der Waals surface area contributed by atoms with Gasteiger partial charge in [-0.05, 0) is 12.1 Å². The van der Waals surface area contributed by atoms with Crippen LogP contribution in [0, 0.1) is 0 Å². The zero-order valence-corrected chi connectivity index (χ0v) is 10.7. The van der Waals surface area contributed by atoms with Gasteiger partial charge in [-0.2, -0.15) is 0 Å². The van der Waals surface area contributed by atoms with Gasteiger partial charge in [0.2, 0.25) is 0 Å². The van der Waals surface area contributed by atoms with E-state index in [0.717, 1.165) is 11.2 Å². The van der Waals surface area contributed by atoms with Gasteiger partial charge in [-0.15, -0.1) is 0 Å². The van der Waals surface area contributed by atoms with Crippen molar-refractivity contribution in [3.63, 3.8) is 0 Å². The van der Waals surface area contributed by atoms with Gasteiger partial charge < -0.3 is 15.6 Å². The third-order valence-corrected chi connectivity index (χ3v) is 3.08. The molecule has 0 saturated carbocycles. The minimum atomic E-state index is 0.498. The van der Waals surface area contributed by atoms with Crippen LogP contribution in [0.15, 0.2) is 42.7 Å². The van der Waals surface area contributed by atoms with Crippen molar-refractivity contribution in [2.75, 3.05) is 17.7 Å². The molecule has 0 unspecified atom stereocenters.